The molecule has 11 heteroatoms. The molecule has 1 aromatic carbocycles. The summed E-state index contributed by atoms with van der Waals surface area (Å²) in [5, 5.41) is 3.06. The molecule has 0 aliphatic heterocycles. The van der Waals surface area contributed by atoms with Gasteiger partial charge in [0.2, 0.25) is 11.8 Å². The van der Waals surface area contributed by atoms with Crippen molar-refractivity contribution in [2.75, 3.05) is 25.5 Å². The van der Waals surface area contributed by atoms with Crippen molar-refractivity contribution in [3.63, 3.8) is 0 Å². The third-order valence-electron chi connectivity index (χ3n) is 5.61. The van der Waals surface area contributed by atoms with Crippen LogP contribution in [-0.4, -0.2) is 46.9 Å². The van der Waals surface area contributed by atoms with Gasteiger partial charge in [-0.05, 0) is 43.4 Å². The molecule has 0 atom stereocenters. The zero-order chi connectivity index (χ0) is 24.3. The van der Waals surface area contributed by atoms with E-state index in [0.717, 1.165) is 59.4 Å². The molecule has 0 bridgehead atoms. The number of halogens is 3. The van der Waals surface area contributed by atoms with Crippen molar-refractivity contribution in [3.8, 4) is 5.88 Å². The number of aromatic nitrogens is 2. The zero-order valence-corrected chi connectivity index (χ0v) is 19.3. The number of fused-ring (bicyclic) bond motifs is 3. The standard InChI is InChI=1S/C23H23F3N4O3S/c1-30(11-18(31)29-16-9-6-5-8-15(16)23(24,25)26)19(32)12-33-21-20-14-7-3-2-4-10-17(14)34-22(20)28-13-27-21/h5-6,8-9,13H,2-4,7,10-12H2,1H3,(H,29,31). The number of amides is 2. The van der Waals surface area contributed by atoms with Gasteiger partial charge in [-0.2, -0.15) is 13.2 Å². The van der Waals surface area contributed by atoms with Crippen LogP contribution in [0.2, 0.25) is 0 Å². The number of nitrogens with zero attached hydrogens (tertiary/aromatic N) is 3. The Balaban J connectivity index is 1.39. The first-order valence-electron chi connectivity index (χ1n) is 10.8. The number of anilines is 1. The maximum Gasteiger partial charge on any atom is 0.418 e. The molecule has 0 fully saturated rings. The minimum absolute atomic E-state index is 0.328. The van der Waals surface area contributed by atoms with E-state index in [4.69, 9.17) is 4.74 Å². The second-order valence-corrected chi connectivity index (χ2v) is 9.14. The van der Waals surface area contributed by atoms with Crippen LogP contribution >= 0.6 is 11.3 Å². The number of carbonyl (C=O) groups excluding carboxylic acids is 2. The predicted molar refractivity (Wildman–Crippen MR) is 122 cm³/mol. The van der Waals surface area contributed by atoms with Gasteiger partial charge in [-0.25, -0.2) is 9.97 Å². The van der Waals surface area contributed by atoms with Crippen molar-refractivity contribution in [3.05, 3.63) is 46.6 Å². The largest absolute Gasteiger partial charge is 0.467 e. The van der Waals surface area contributed by atoms with E-state index in [9.17, 15) is 22.8 Å². The van der Waals surface area contributed by atoms with Gasteiger partial charge in [-0.1, -0.05) is 18.6 Å². The lowest BCUT2D eigenvalue weighted by Gasteiger charge is -2.18. The minimum Gasteiger partial charge on any atom is -0.467 e. The van der Waals surface area contributed by atoms with E-state index < -0.39 is 30.1 Å². The monoisotopic (exact) mass is 492 g/mol. The van der Waals surface area contributed by atoms with Gasteiger partial charge < -0.3 is 15.0 Å². The fourth-order valence-electron chi connectivity index (χ4n) is 3.92. The van der Waals surface area contributed by atoms with Gasteiger partial charge in [0.15, 0.2) is 6.61 Å². The topological polar surface area (TPSA) is 84.4 Å². The van der Waals surface area contributed by atoms with Gasteiger partial charge in [0.1, 0.15) is 11.2 Å². The Hall–Kier alpha value is -3.21. The lowest BCUT2D eigenvalue weighted by atomic mass is 10.1. The molecule has 0 spiro atoms. The van der Waals surface area contributed by atoms with Crippen LogP contribution in [0.15, 0.2) is 30.6 Å². The first-order chi connectivity index (χ1) is 16.2. The first-order valence-corrected chi connectivity index (χ1v) is 11.6. The first kappa shape index (κ1) is 23.9. The van der Waals surface area contributed by atoms with Crippen molar-refractivity contribution in [2.24, 2.45) is 0 Å². The smallest absolute Gasteiger partial charge is 0.418 e. The SMILES string of the molecule is CN(CC(=O)Nc1ccccc1C(F)(F)F)C(=O)COc1ncnc2sc3c(c12)CCCCC3. The lowest BCUT2D eigenvalue weighted by molar-refractivity contribution is -0.137. The Morgan fingerprint density at radius 1 is 1.15 bits per heavy atom. The number of hydrogen-bond acceptors (Lipinski definition) is 6. The van der Waals surface area contributed by atoms with Crippen LogP contribution in [0, 0.1) is 0 Å². The molecule has 2 amide bonds. The van der Waals surface area contributed by atoms with Gasteiger partial charge in [0, 0.05) is 11.9 Å². The van der Waals surface area contributed by atoms with E-state index >= 15 is 0 Å². The van der Waals surface area contributed by atoms with E-state index in [-0.39, 0.29) is 12.3 Å². The third-order valence-corrected chi connectivity index (χ3v) is 6.81. The molecule has 34 heavy (non-hydrogen) atoms. The van der Waals surface area contributed by atoms with Crippen LogP contribution in [0.3, 0.4) is 0 Å². The number of para-hydroxylation sites is 1. The second kappa shape index (κ2) is 9.96. The van der Waals surface area contributed by atoms with Gasteiger partial charge in [-0.3, -0.25) is 9.59 Å². The fraction of sp³-hybridized carbons (Fsp3) is 0.391. The van der Waals surface area contributed by atoms with Gasteiger partial charge in [0.05, 0.1) is 23.2 Å². The molecule has 1 aliphatic rings. The number of rotatable bonds is 6. The van der Waals surface area contributed by atoms with Crippen molar-refractivity contribution >= 4 is 39.1 Å². The second-order valence-electron chi connectivity index (χ2n) is 8.05. The maximum atomic E-state index is 13.1. The molecule has 1 N–H and O–H groups in total. The predicted octanol–water partition coefficient (Wildman–Crippen LogP) is 4.45. The summed E-state index contributed by atoms with van der Waals surface area (Å²) < 4.78 is 45.1. The number of nitrogens with one attached hydrogen (secondary N) is 1. The van der Waals surface area contributed by atoms with Crippen molar-refractivity contribution in [1.29, 1.82) is 0 Å². The maximum absolute atomic E-state index is 13.1. The highest BCUT2D eigenvalue weighted by atomic mass is 32.1. The number of carbonyl (C=O) groups is 2. The highest BCUT2D eigenvalue weighted by molar-refractivity contribution is 7.18. The third kappa shape index (κ3) is 5.30. The molecule has 2 heterocycles. The number of ether oxygens (including phenoxy) is 1. The van der Waals surface area contributed by atoms with E-state index in [1.54, 1.807) is 11.3 Å². The van der Waals surface area contributed by atoms with E-state index in [1.165, 1.54) is 35.9 Å². The molecule has 0 saturated heterocycles. The summed E-state index contributed by atoms with van der Waals surface area (Å²) >= 11 is 1.62. The quantitative estimate of drug-likeness (QED) is 0.514. The highest BCUT2D eigenvalue weighted by Gasteiger charge is 2.33. The number of thiophene rings is 1. The minimum atomic E-state index is -4.61. The van der Waals surface area contributed by atoms with Crippen LogP contribution in [0.1, 0.15) is 35.3 Å². The Bertz CT molecular complexity index is 1210. The van der Waals surface area contributed by atoms with Crippen LogP contribution in [0.25, 0.3) is 10.2 Å². The summed E-state index contributed by atoms with van der Waals surface area (Å²) in [5.41, 5.74) is -0.140. The number of alkyl halides is 3. The summed E-state index contributed by atoms with van der Waals surface area (Å²) in [6, 6.07) is 4.67. The van der Waals surface area contributed by atoms with Crippen molar-refractivity contribution in [1.82, 2.24) is 14.9 Å². The molecular weight excluding hydrogens is 469 g/mol. The Morgan fingerprint density at radius 3 is 2.71 bits per heavy atom. The molecule has 1 aliphatic carbocycles. The summed E-state index contributed by atoms with van der Waals surface area (Å²) in [5.74, 6) is -0.929. The molecule has 180 valence electrons. The van der Waals surface area contributed by atoms with Crippen LogP contribution in [-0.2, 0) is 28.6 Å². The Labute approximate surface area is 198 Å². The number of hydrogen-bond donors (Lipinski definition) is 1. The molecular formula is C23H23F3N4O3S. The van der Waals surface area contributed by atoms with Crippen molar-refractivity contribution in [2.45, 2.75) is 38.3 Å². The summed E-state index contributed by atoms with van der Waals surface area (Å²) in [4.78, 5) is 36.6. The fourth-order valence-corrected chi connectivity index (χ4v) is 5.14. The number of aryl methyl sites for hydroxylation is 2. The summed E-state index contributed by atoms with van der Waals surface area (Å²) in [6.45, 7) is -0.791. The Kier molecular flexibility index (Phi) is 7.01. The lowest BCUT2D eigenvalue weighted by Crippen LogP contribution is -2.38. The summed E-state index contributed by atoms with van der Waals surface area (Å²) in [6.07, 6.45) is 2.04. The van der Waals surface area contributed by atoms with E-state index in [1.807, 2.05) is 0 Å². The molecule has 0 saturated carbocycles. The van der Waals surface area contributed by atoms with Crippen LogP contribution in [0.4, 0.5) is 18.9 Å². The average molecular weight is 493 g/mol. The highest BCUT2D eigenvalue weighted by Crippen LogP contribution is 2.38. The number of likely N-dealkylation sites (N-methyl/N-ethyl adjacent to an activating group) is 1. The van der Waals surface area contributed by atoms with Gasteiger partial charge >= 0.3 is 6.18 Å². The number of benzene rings is 1. The molecule has 0 radical (unpaired) electrons. The van der Waals surface area contributed by atoms with Crippen molar-refractivity contribution < 1.29 is 27.5 Å². The normalized spacial score (nSPS) is 13.8. The average Bonchev–Trinajstić information content (AvgIpc) is 2.98. The molecule has 7 nitrogen and oxygen atoms in total. The molecule has 0 unspecified atom stereocenters. The molecule has 4 rings (SSSR count). The summed E-state index contributed by atoms with van der Waals surface area (Å²) in [7, 11) is 1.38. The van der Waals surface area contributed by atoms with E-state index in [0.29, 0.717) is 5.88 Å². The van der Waals surface area contributed by atoms with Gasteiger partial charge in [0.25, 0.3) is 5.91 Å². The van der Waals surface area contributed by atoms with Gasteiger partial charge in [-0.15, -0.1) is 11.3 Å². The van der Waals surface area contributed by atoms with Crippen LogP contribution in [0.5, 0.6) is 5.88 Å². The Morgan fingerprint density at radius 2 is 1.91 bits per heavy atom. The molecule has 3 aromatic rings. The molecule has 2 aromatic heterocycles. The van der Waals surface area contributed by atoms with Crippen LogP contribution < -0.4 is 10.1 Å². The van der Waals surface area contributed by atoms with E-state index in [2.05, 4.69) is 15.3 Å². The zero-order valence-electron chi connectivity index (χ0n) is 18.4.